The molecule has 0 bridgehead atoms. The summed E-state index contributed by atoms with van der Waals surface area (Å²) >= 11 is 12.4. The molecule has 1 nitrogen and oxygen atoms in total. The van der Waals surface area contributed by atoms with Crippen LogP contribution in [0.1, 0.15) is 38.3 Å². The molecule has 3 heteroatoms. The van der Waals surface area contributed by atoms with Gasteiger partial charge in [0.25, 0.3) is 0 Å². The molecule has 1 rings (SSSR count). The van der Waals surface area contributed by atoms with E-state index in [4.69, 9.17) is 23.2 Å². The van der Waals surface area contributed by atoms with E-state index in [9.17, 15) is 0 Å². The Balaban J connectivity index is 2.97. The summed E-state index contributed by atoms with van der Waals surface area (Å²) in [6, 6.07) is 5.69. The fourth-order valence-electron chi connectivity index (χ4n) is 1.64. The molecular weight excluding hydrogens is 253 g/mol. The zero-order chi connectivity index (χ0) is 12.7. The second-order valence-electron chi connectivity index (χ2n) is 3.77. The third kappa shape index (κ3) is 4.24. The first-order valence-corrected chi connectivity index (χ1v) is 6.53. The predicted molar refractivity (Wildman–Crippen MR) is 75.6 cm³/mol. The first-order chi connectivity index (χ1) is 8.20. The fraction of sp³-hybridized carbons (Fsp3) is 0.429. The Morgan fingerprint density at radius 1 is 1.29 bits per heavy atom. The Hall–Kier alpha value is -0.680. The molecule has 0 saturated heterocycles. The monoisotopic (exact) mass is 269 g/mol. The molecule has 0 spiro atoms. The fourth-order valence-corrected chi connectivity index (χ4v) is 2.30. The third-order valence-electron chi connectivity index (χ3n) is 2.47. The van der Waals surface area contributed by atoms with Crippen LogP contribution >= 0.6 is 23.2 Å². The minimum absolute atomic E-state index is 0.101. The summed E-state index contributed by atoms with van der Waals surface area (Å²) < 4.78 is 0. The summed E-state index contributed by atoms with van der Waals surface area (Å²) in [7, 11) is 0. The van der Waals surface area contributed by atoms with Crippen molar-refractivity contribution < 1.29 is 0 Å². The normalized spacial score (nSPS) is 11.8. The zero-order valence-corrected chi connectivity index (χ0v) is 11.7. The number of nitrogens with one attached hydrogen (secondary N) is 1. The molecule has 0 aliphatic heterocycles. The van der Waals surface area contributed by atoms with Gasteiger partial charge in [0.05, 0.1) is 0 Å². The van der Waals surface area contributed by atoms with Crippen LogP contribution in [-0.2, 0) is 0 Å². The molecular formula is C14H17Cl2N. The van der Waals surface area contributed by atoms with Crippen molar-refractivity contribution in [2.45, 2.75) is 32.7 Å². The molecule has 0 saturated carbocycles. The van der Waals surface area contributed by atoms with Crippen molar-refractivity contribution >= 4 is 23.2 Å². The lowest BCUT2D eigenvalue weighted by atomic mass is 10.0. The first-order valence-electron chi connectivity index (χ1n) is 5.77. The van der Waals surface area contributed by atoms with Gasteiger partial charge < -0.3 is 5.32 Å². The van der Waals surface area contributed by atoms with Crippen LogP contribution in [0.5, 0.6) is 0 Å². The van der Waals surface area contributed by atoms with Crippen molar-refractivity contribution in [1.29, 1.82) is 0 Å². The maximum Gasteiger partial charge on any atom is 0.0469 e. The highest BCUT2D eigenvalue weighted by Crippen LogP contribution is 2.31. The number of hydrogen-bond donors (Lipinski definition) is 1. The van der Waals surface area contributed by atoms with Gasteiger partial charge in [-0.3, -0.25) is 0 Å². The van der Waals surface area contributed by atoms with Crippen LogP contribution < -0.4 is 5.32 Å². The standard InChI is InChI=1S/C14H17Cl2N/c1-3-5-9-13(17-10-4-2)14-11(15)7-6-8-12(14)16/h6-8,13,17H,4,9-10H2,1-2H3. The van der Waals surface area contributed by atoms with Gasteiger partial charge in [-0.1, -0.05) is 36.2 Å². The molecule has 1 aromatic rings. The van der Waals surface area contributed by atoms with Gasteiger partial charge in [-0.15, -0.1) is 11.8 Å². The highest BCUT2D eigenvalue weighted by Gasteiger charge is 2.16. The molecule has 1 atom stereocenters. The van der Waals surface area contributed by atoms with Crippen LogP contribution in [0.15, 0.2) is 18.2 Å². The van der Waals surface area contributed by atoms with Gasteiger partial charge in [0, 0.05) is 28.1 Å². The number of halogens is 2. The average Bonchev–Trinajstić information content (AvgIpc) is 2.31. The van der Waals surface area contributed by atoms with Gasteiger partial charge in [0.2, 0.25) is 0 Å². The van der Waals surface area contributed by atoms with E-state index in [0.717, 1.165) is 24.9 Å². The van der Waals surface area contributed by atoms with Gasteiger partial charge in [0.1, 0.15) is 0 Å². The molecule has 92 valence electrons. The van der Waals surface area contributed by atoms with Crippen LogP contribution in [-0.4, -0.2) is 6.54 Å². The quantitative estimate of drug-likeness (QED) is 0.779. The molecule has 0 aromatic heterocycles. The summed E-state index contributed by atoms with van der Waals surface area (Å²) in [5.74, 6) is 5.99. The van der Waals surface area contributed by atoms with Crippen molar-refractivity contribution in [1.82, 2.24) is 5.32 Å². The Morgan fingerprint density at radius 3 is 2.47 bits per heavy atom. The number of hydrogen-bond acceptors (Lipinski definition) is 1. The maximum atomic E-state index is 6.21. The van der Waals surface area contributed by atoms with E-state index < -0.39 is 0 Å². The van der Waals surface area contributed by atoms with E-state index in [1.807, 2.05) is 25.1 Å². The lowest BCUT2D eigenvalue weighted by Crippen LogP contribution is -2.22. The summed E-state index contributed by atoms with van der Waals surface area (Å²) in [6.07, 6.45) is 1.79. The highest BCUT2D eigenvalue weighted by atomic mass is 35.5. The van der Waals surface area contributed by atoms with Gasteiger partial charge in [-0.05, 0) is 32.0 Å². The van der Waals surface area contributed by atoms with Gasteiger partial charge in [0.15, 0.2) is 0 Å². The molecule has 0 aliphatic carbocycles. The number of rotatable bonds is 5. The zero-order valence-electron chi connectivity index (χ0n) is 10.2. The van der Waals surface area contributed by atoms with E-state index in [2.05, 4.69) is 24.1 Å². The summed E-state index contributed by atoms with van der Waals surface area (Å²) in [4.78, 5) is 0. The molecule has 0 radical (unpaired) electrons. The van der Waals surface area contributed by atoms with Crippen LogP contribution in [0.3, 0.4) is 0 Å². The van der Waals surface area contributed by atoms with E-state index in [1.165, 1.54) is 0 Å². The molecule has 0 aliphatic rings. The van der Waals surface area contributed by atoms with Crippen LogP contribution in [0.25, 0.3) is 0 Å². The predicted octanol–water partition coefficient (Wildman–Crippen LogP) is 4.45. The van der Waals surface area contributed by atoms with Crippen LogP contribution in [0.2, 0.25) is 10.0 Å². The Kier molecular flexibility index (Phi) is 6.44. The van der Waals surface area contributed by atoms with Crippen molar-refractivity contribution in [3.63, 3.8) is 0 Å². The minimum Gasteiger partial charge on any atom is -0.309 e. The minimum atomic E-state index is 0.101. The summed E-state index contributed by atoms with van der Waals surface area (Å²) in [6.45, 7) is 4.90. The molecule has 0 fully saturated rings. The van der Waals surface area contributed by atoms with Crippen molar-refractivity contribution in [2.24, 2.45) is 0 Å². The second kappa shape index (κ2) is 7.61. The van der Waals surface area contributed by atoms with E-state index in [-0.39, 0.29) is 6.04 Å². The Morgan fingerprint density at radius 2 is 1.94 bits per heavy atom. The average molecular weight is 270 g/mol. The first kappa shape index (κ1) is 14.4. The SMILES string of the molecule is CC#CCC(NCCC)c1c(Cl)cccc1Cl. The van der Waals surface area contributed by atoms with E-state index >= 15 is 0 Å². The second-order valence-corrected chi connectivity index (χ2v) is 4.59. The molecule has 1 aromatic carbocycles. The van der Waals surface area contributed by atoms with E-state index in [0.29, 0.717) is 10.0 Å². The van der Waals surface area contributed by atoms with E-state index in [1.54, 1.807) is 0 Å². The molecule has 17 heavy (non-hydrogen) atoms. The van der Waals surface area contributed by atoms with Gasteiger partial charge in [-0.2, -0.15) is 0 Å². The Bertz CT molecular complexity index is 398. The van der Waals surface area contributed by atoms with Crippen LogP contribution in [0, 0.1) is 11.8 Å². The van der Waals surface area contributed by atoms with Crippen molar-refractivity contribution in [3.05, 3.63) is 33.8 Å². The summed E-state index contributed by atoms with van der Waals surface area (Å²) in [5.41, 5.74) is 0.951. The topological polar surface area (TPSA) is 12.0 Å². The summed E-state index contributed by atoms with van der Waals surface area (Å²) in [5, 5.41) is 4.83. The lowest BCUT2D eigenvalue weighted by Gasteiger charge is -2.19. The van der Waals surface area contributed by atoms with Gasteiger partial charge in [-0.25, -0.2) is 0 Å². The molecule has 0 heterocycles. The van der Waals surface area contributed by atoms with Crippen molar-refractivity contribution in [3.8, 4) is 11.8 Å². The maximum absolute atomic E-state index is 6.21. The highest BCUT2D eigenvalue weighted by molar-refractivity contribution is 6.36. The van der Waals surface area contributed by atoms with Crippen LogP contribution in [0.4, 0.5) is 0 Å². The largest absolute Gasteiger partial charge is 0.309 e. The molecule has 1 N–H and O–H groups in total. The third-order valence-corrected chi connectivity index (χ3v) is 3.13. The van der Waals surface area contributed by atoms with Gasteiger partial charge >= 0.3 is 0 Å². The smallest absolute Gasteiger partial charge is 0.0469 e. The molecule has 0 amide bonds. The molecule has 1 unspecified atom stereocenters. The van der Waals surface area contributed by atoms with Crippen molar-refractivity contribution in [2.75, 3.05) is 6.54 Å². The lowest BCUT2D eigenvalue weighted by molar-refractivity contribution is 0.543. The number of benzene rings is 1. The Labute approximate surface area is 114 Å².